The molecule has 0 bridgehead atoms. The van der Waals surface area contributed by atoms with Crippen molar-refractivity contribution in [3.05, 3.63) is 12.8 Å². The first-order chi connectivity index (χ1) is 7.05. The van der Waals surface area contributed by atoms with Crippen molar-refractivity contribution in [2.45, 2.75) is 20.3 Å². The van der Waals surface area contributed by atoms with Crippen LogP contribution in [0.25, 0.3) is 0 Å². The van der Waals surface area contributed by atoms with Crippen molar-refractivity contribution in [3.8, 4) is 0 Å². The molecule has 0 aromatic heterocycles. The maximum Gasteiger partial charge on any atom is 0.218 e. The quantitative estimate of drug-likeness (QED) is 0.445. The van der Waals surface area contributed by atoms with Crippen molar-refractivity contribution in [2.24, 2.45) is 11.0 Å². The van der Waals surface area contributed by atoms with Crippen molar-refractivity contribution < 1.29 is 4.79 Å². The van der Waals surface area contributed by atoms with E-state index in [1.807, 2.05) is 6.92 Å². The molecule has 0 aliphatic carbocycles. The maximum atomic E-state index is 12.2. The summed E-state index contributed by atoms with van der Waals surface area (Å²) >= 11 is 0. The Kier molecular flexibility index (Phi) is 3.97. The van der Waals surface area contributed by atoms with Gasteiger partial charge in [0.25, 0.3) is 0 Å². The summed E-state index contributed by atoms with van der Waals surface area (Å²) in [5.74, 6) is 2.39. The lowest BCUT2D eigenvalue weighted by Gasteiger charge is -2.17. The maximum absolute atomic E-state index is 12.2. The van der Waals surface area contributed by atoms with Gasteiger partial charge in [0.1, 0.15) is 5.71 Å². The number of nitrogens with zero attached hydrogens (tertiary/aromatic N) is 1. The van der Waals surface area contributed by atoms with Crippen molar-refractivity contribution in [2.75, 3.05) is 17.8 Å². The highest BCUT2D eigenvalue weighted by Gasteiger charge is 2.42. The molecule has 0 aromatic rings. The molecule has 0 aromatic carbocycles. The Labute approximate surface area is 93.3 Å². The SMILES string of the molecule is C=CN/N=C(/C(=O)S1(C)CC1)C(C)CC. The molecule has 0 radical (unpaired) electrons. The molecule has 15 heavy (non-hydrogen) atoms. The fraction of sp³-hybridized carbons (Fsp3) is 0.636. The molecule has 1 N–H and O–H groups in total. The molecule has 1 saturated heterocycles. The van der Waals surface area contributed by atoms with Crippen LogP contribution in [-0.4, -0.2) is 28.6 Å². The zero-order valence-electron chi connectivity index (χ0n) is 9.75. The van der Waals surface area contributed by atoms with E-state index in [4.69, 9.17) is 0 Å². The average Bonchev–Trinajstić information content (AvgIpc) is 2.97. The van der Waals surface area contributed by atoms with Crippen LogP contribution in [0.15, 0.2) is 17.9 Å². The van der Waals surface area contributed by atoms with E-state index in [-0.39, 0.29) is 11.0 Å². The molecular formula is C11H20N2OS. The van der Waals surface area contributed by atoms with Crippen LogP contribution >= 0.6 is 10.0 Å². The van der Waals surface area contributed by atoms with Gasteiger partial charge in [-0.25, -0.2) is 0 Å². The molecule has 86 valence electrons. The first-order valence-electron chi connectivity index (χ1n) is 5.27. The zero-order valence-corrected chi connectivity index (χ0v) is 10.6. The summed E-state index contributed by atoms with van der Waals surface area (Å²) in [4.78, 5) is 12.2. The predicted molar refractivity (Wildman–Crippen MR) is 68.5 cm³/mol. The van der Waals surface area contributed by atoms with Crippen LogP contribution < -0.4 is 5.43 Å². The van der Waals surface area contributed by atoms with Gasteiger partial charge in [0, 0.05) is 12.1 Å². The second kappa shape index (κ2) is 4.84. The van der Waals surface area contributed by atoms with Crippen LogP contribution in [0.5, 0.6) is 0 Å². The zero-order chi connectivity index (χ0) is 11.5. The lowest BCUT2D eigenvalue weighted by atomic mass is 10.0. The summed E-state index contributed by atoms with van der Waals surface area (Å²) in [6, 6.07) is 0. The van der Waals surface area contributed by atoms with Gasteiger partial charge in [0.05, 0.1) is 0 Å². The molecule has 1 rings (SSSR count). The smallest absolute Gasteiger partial charge is 0.218 e. The number of hydrogen-bond donors (Lipinski definition) is 1. The Morgan fingerprint density at radius 3 is 2.67 bits per heavy atom. The second-order valence-corrected chi connectivity index (χ2v) is 7.85. The summed E-state index contributed by atoms with van der Waals surface area (Å²) in [5, 5.41) is 4.42. The fourth-order valence-corrected chi connectivity index (χ4v) is 3.35. The minimum atomic E-state index is -0.982. The van der Waals surface area contributed by atoms with Crippen molar-refractivity contribution in [3.63, 3.8) is 0 Å². The lowest BCUT2D eigenvalue weighted by molar-refractivity contribution is -0.106. The predicted octanol–water partition coefficient (Wildman–Crippen LogP) is 2.10. The number of hydrogen-bond acceptors (Lipinski definition) is 3. The van der Waals surface area contributed by atoms with Crippen LogP contribution in [0.4, 0.5) is 0 Å². The molecule has 0 saturated carbocycles. The summed E-state index contributed by atoms with van der Waals surface area (Å²) in [6.45, 7) is 7.66. The summed E-state index contributed by atoms with van der Waals surface area (Å²) < 4.78 is 0. The highest BCUT2D eigenvalue weighted by Crippen LogP contribution is 2.59. The lowest BCUT2D eigenvalue weighted by Crippen LogP contribution is -2.24. The van der Waals surface area contributed by atoms with Gasteiger partial charge >= 0.3 is 0 Å². The minimum Gasteiger partial charge on any atom is -0.286 e. The van der Waals surface area contributed by atoms with E-state index in [9.17, 15) is 4.79 Å². The Balaban J connectivity index is 2.80. The molecule has 1 fully saturated rings. The molecule has 3 nitrogen and oxygen atoms in total. The van der Waals surface area contributed by atoms with Gasteiger partial charge in [-0.15, -0.1) is 0 Å². The number of carbonyl (C=O) groups is 1. The van der Waals surface area contributed by atoms with E-state index in [2.05, 4.69) is 30.3 Å². The standard InChI is InChI=1S/C11H20N2OS/c1-5-9(3)10(13-12-6-2)11(14)15(4)7-8-15/h6,9,12H,2,5,7-8H2,1,3-4H3/b13-10+. The normalized spacial score (nSPS) is 22.7. The van der Waals surface area contributed by atoms with Crippen molar-refractivity contribution in [1.29, 1.82) is 0 Å². The van der Waals surface area contributed by atoms with E-state index in [1.54, 1.807) is 0 Å². The van der Waals surface area contributed by atoms with E-state index in [1.165, 1.54) is 6.20 Å². The van der Waals surface area contributed by atoms with Crippen LogP contribution in [0, 0.1) is 5.92 Å². The first kappa shape index (κ1) is 12.3. The number of nitrogens with one attached hydrogen (secondary N) is 1. The van der Waals surface area contributed by atoms with Crippen LogP contribution in [0.3, 0.4) is 0 Å². The molecule has 1 heterocycles. The molecule has 1 atom stereocenters. The third-order valence-corrected chi connectivity index (χ3v) is 5.57. The van der Waals surface area contributed by atoms with Gasteiger partial charge in [0.2, 0.25) is 5.12 Å². The van der Waals surface area contributed by atoms with Crippen LogP contribution in [0.1, 0.15) is 20.3 Å². The molecule has 1 aliphatic rings. The topological polar surface area (TPSA) is 41.5 Å². The van der Waals surface area contributed by atoms with E-state index >= 15 is 0 Å². The van der Waals surface area contributed by atoms with Gasteiger partial charge in [-0.2, -0.15) is 15.1 Å². The molecule has 1 unspecified atom stereocenters. The van der Waals surface area contributed by atoms with Gasteiger partial charge in [-0.3, -0.25) is 10.2 Å². The fourth-order valence-electron chi connectivity index (χ4n) is 1.23. The largest absolute Gasteiger partial charge is 0.286 e. The van der Waals surface area contributed by atoms with Gasteiger partial charge in [0.15, 0.2) is 0 Å². The van der Waals surface area contributed by atoms with Gasteiger partial charge in [-0.1, -0.05) is 20.4 Å². The summed E-state index contributed by atoms with van der Waals surface area (Å²) in [5.41, 5.74) is 3.39. The highest BCUT2D eigenvalue weighted by molar-refractivity contribution is 8.51. The third-order valence-electron chi connectivity index (χ3n) is 2.83. The highest BCUT2D eigenvalue weighted by atomic mass is 32.3. The first-order valence-corrected chi connectivity index (χ1v) is 7.65. The Hall–Kier alpha value is -0.770. The molecule has 0 spiro atoms. The molecule has 1 aliphatic heterocycles. The number of carbonyl (C=O) groups excluding carboxylic acids is 1. The number of rotatable bonds is 5. The monoisotopic (exact) mass is 228 g/mol. The van der Waals surface area contributed by atoms with Gasteiger partial charge in [-0.05, 0) is 24.2 Å². The Morgan fingerprint density at radius 1 is 1.67 bits per heavy atom. The molecule has 0 amide bonds. The van der Waals surface area contributed by atoms with Crippen molar-refractivity contribution >= 4 is 20.9 Å². The van der Waals surface area contributed by atoms with Crippen LogP contribution in [0.2, 0.25) is 0 Å². The molecule has 4 heteroatoms. The van der Waals surface area contributed by atoms with E-state index in [0.717, 1.165) is 17.9 Å². The summed E-state index contributed by atoms with van der Waals surface area (Å²) in [6.07, 6.45) is 4.54. The Bertz CT molecular complexity index is 295. The average molecular weight is 228 g/mol. The number of hydrazone groups is 1. The third kappa shape index (κ3) is 2.84. The van der Waals surface area contributed by atoms with Crippen molar-refractivity contribution in [1.82, 2.24) is 5.43 Å². The van der Waals surface area contributed by atoms with E-state index < -0.39 is 10.0 Å². The molecular weight excluding hydrogens is 208 g/mol. The van der Waals surface area contributed by atoms with Gasteiger partial charge < -0.3 is 0 Å². The van der Waals surface area contributed by atoms with E-state index in [0.29, 0.717) is 5.71 Å². The Morgan fingerprint density at radius 2 is 2.27 bits per heavy atom. The summed E-state index contributed by atoms with van der Waals surface area (Å²) in [7, 11) is -0.982. The second-order valence-electron chi connectivity index (χ2n) is 4.11. The minimum absolute atomic E-state index is 0.231. The van der Waals surface area contributed by atoms with Crippen LogP contribution in [-0.2, 0) is 4.79 Å².